The first kappa shape index (κ1) is 16.2. The molecular weight excluding hydrogens is 298 g/mol. The largest absolute Gasteiger partial charge is 0.493 e. The molecule has 1 N–H and O–H groups in total. The number of hydrogen-bond donors (Lipinski definition) is 1. The highest BCUT2D eigenvalue weighted by molar-refractivity contribution is 6.07. The zero-order valence-electron chi connectivity index (χ0n) is 12.4. The maximum absolute atomic E-state index is 12.2. The Morgan fingerprint density at radius 3 is 2.74 bits per heavy atom. The Morgan fingerprint density at radius 1 is 1.26 bits per heavy atom. The van der Waals surface area contributed by atoms with Crippen molar-refractivity contribution >= 4 is 17.8 Å². The Bertz CT molecular complexity index is 725. The number of carboxylic acid groups (broad SMARTS) is 1. The van der Waals surface area contributed by atoms with E-state index in [1.165, 1.54) is 25.3 Å². The summed E-state index contributed by atoms with van der Waals surface area (Å²) in [6.07, 6.45) is 6.40. The fraction of sp³-hybridized carbons (Fsp3) is 0.118. The van der Waals surface area contributed by atoms with E-state index in [0.29, 0.717) is 11.3 Å². The highest BCUT2D eigenvalue weighted by atomic mass is 16.5. The number of carboxylic acids is 1. The van der Waals surface area contributed by atoms with Crippen LogP contribution in [-0.4, -0.2) is 35.6 Å². The summed E-state index contributed by atoms with van der Waals surface area (Å²) in [7, 11) is 1.42. The van der Waals surface area contributed by atoms with Crippen molar-refractivity contribution in [3.8, 4) is 11.5 Å². The number of hydrogen-bond acceptors (Lipinski definition) is 5. The van der Waals surface area contributed by atoms with Crippen LogP contribution in [0.3, 0.4) is 0 Å². The number of aliphatic carboxylic acids is 1. The Morgan fingerprint density at radius 2 is 2.09 bits per heavy atom. The first-order chi connectivity index (χ1) is 11.1. The molecule has 0 amide bonds. The minimum atomic E-state index is -1.09. The van der Waals surface area contributed by atoms with Gasteiger partial charge in [0.1, 0.15) is 0 Å². The van der Waals surface area contributed by atoms with Crippen molar-refractivity contribution < 1.29 is 24.2 Å². The van der Waals surface area contributed by atoms with Gasteiger partial charge in [-0.3, -0.25) is 9.78 Å². The number of rotatable bonds is 7. The van der Waals surface area contributed by atoms with Gasteiger partial charge < -0.3 is 14.6 Å². The van der Waals surface area contributed by atoms with Crippen LogP contribution in [0.1, 0.15) is 15.9 Å². The summed E-state index contributed by atoms with van der Waals surface area (Å²) < 4.78 is 10.2. The fourth-order valence-corrected chi connectivity index (χ4v) is 1.82. The Balaban J connectivity index is 2.14. The number of ether oxygens (including phenoxy) is 2. The van der Waals surface area contributed by atoms with Gasteiger partial charge in [-0.1, -0.05) is 6.07 Å². The molecule has 1 aromatic heterocycles. The SMILES string of the molecule is COc1cc(C(=O)/C=C/c2cccnc2)ccc1OCC(=O)O. The molecule has 0 unspecified atom stereocenters. The summed E-state index contributed by atoms with van der Waals surface area (Å²) in [6.45, 7) is -0.482. The van der Waals surface area contributed by atoms with Crippen LogP contribution in [0.5, 0.6) is 11.5 Å². The lowest BCUT2D eigenvalue weighted by Crippen LogP contribution is -2.10. The number of pyridine rings is 1. The Kier molecular flexibility index (Phi) is 5.46. The van der Waals surface area contributed by atoms with Crippen molar-refractivity contribution in [2.24, 2.45) is 0 Å². The van der Waals surface area contributed by atoms with E-state index in [9.17, 15) is 9.59 Å². The van der Waals surface area contributed by atoms with Crippen molar-refractivity contribution in [1.29, 1.82) is 0 Å². The summed E-state index contributed by atoms with van der Waals surface area (Å²) in [5.41, 5.74) is 1.22. The summed E-state index contributed by atoms with van der Waals surface area (Å²) in [4.78, 5) is 26.7. The third-order valence-electron chi connectivity index (χ3n) is 2.91. The third-order valence-corrected chi connectivity index (χ3v) is 2.91. The van der Waals surface area contributed by atoms with Crippen molar-refractivity contribution in [3.05, 3.63) is 59.9 Å². The molecule has 1 aromatic carbocycles. The molecule has 6 nitrogen and oxygen atoms in total. The van der Waals surface area contributed by atoms with Crippen LogP contribution in [0.25, 0.3) is 6.08 Å². The molecular formula is C17H15NO5. The number of methoxy groups -OCH3 is 1. The first-order valence-corrected chi connectivity index (χ1v) is 6.75. The summed E-state index contributed by atoms with van der Waals surface area (Å²) >= 11 is 0. The zero-order chi connectivity index (χ0) is 16.7. The molecule has 0 fully saturated rings. The molecule has 0 aliphatic heterocycles. The van der Waals surface area contributed by atoms with Crippen LogP contribution in [0.15, 0.2) is 48.8 Å². The fourth-order valence-electron chi connectivity index (χ4n) is 1.82. The smallest absolute Gasteiger partial charge is 0.341 e. The summed E-state index contributed by atoms with van der Waals surface area (Å²) in [5, 5.41) is 8.63. The van der Waals surface area contributed by atoms with Crippen molar-refractivity contribution in [2.75, 3.05) is 13.7 Å². The van der Waals surface area contributed by atoms with E-state index in [0.717, 1.165) is 5.56 Å². The van der Waals surface area contributed by atoms with Gasteiger partial charge in [0, 0.05) is 18.0 Å². The molecule has 2 aromatic rings. The van der Waals surface area contributed by atoms with Gasteiger partial charge in [0.15, 0.2) is 23.9 Å². The molecule has 2 rings (SSSR count). The van der Waals surface area contributed by atoms with E-state index in [1.807, 2.05) is 6.07 Å². The molecule has 0 saturated carbocycles. The topological polar surface area (TPSA) is 85.7 Å². The molecule has 0 atom stereocenters. The number of carbonyl (C=O) groups excluding carboxylic acids is 1. The van der Waals surface area contributed by atoms with E-state index in [2.05, 4.69) is 4.98 Å². The van der Waals surface area contributed by atoms with Crippen molar-refractivity contribution in [3.63, 3.8) is 0 Å². The molecule has 0 saturated heterocycles. The van der Waals surface area contributed by atoms with Crippen LogP contribution >= 0.6 is 0 Å². The number of benzene rings is 1. The van der Waals surface area contributed by atoms with E-state index in [1.54, 1.807) is 30.6 Å². The average Bonchev–Trinajstić information content (AvgIpc) is 2.58. The predicted molar refractivity (Wildman–Crippen MR) is 83.7 cm³/mol. The second-order valence-electron chi connectivity index (χ2n) is 4.53. The number of carbonyl (C=O) groups is 2. The number of allylic oxidation sites excluding steroid dienone is 1. The van der Waals surface area contributed by atoms with Gasteiger partial charge in [-0.05, 0) is 42.0 Å². The number of aromatic nitrogens is 1. The van der Waals surface area contributed by atoms with Crippen molar-refractivity contribution in [1.82, 2.24) is 4.98 Å². The van der Waals surface area contributed by atoms with Crippen LogP contribution in [0.2, 0.25) is 0 Å². The second kappa shape index (κ2) is 7.74. The second-order valence-corrected chi connectivity index (χ2v) is 4.53. The van der Waals surface area contributed by atoms with Gasteiger partial charge in [0.05, 0.1) is 7.11 Å². The standard InChI is InChI=1S/C17H15NO5/c1-22-16-9-13(5-7-15(16)23-11-17(20)21)14(19)6-4-12-3-2-8-18-10-12/h2-10H,11H2,1H3,(H,20,21)/b6-4+. The van der Waals surface area contributed by atoms with Gasteiger partial charge in [-0.15, -0.1) is 0 Å². The monoisotopic (exact) mass is 313 g/mol. The van der Waals surface area contributed by atoms with E-state index < -0.39 is 12.6 Å². The van der Waals surface area contributed by atoms with Crippen molar-refractivity contribution in [2.45, 2.75) is 0 Å². The first-order valence-electron chi connectivity index (χ1n) is 6.75. The van der Waals surface area contributed by atoms with E-state index in [-0.39, 0.29) is 11.5 Å². The van der Waals surface area contributed by atoms with Gasteiger partial charge in [-0.25, -0.2) is 4.79 Å². The molecule has 6 heteroatoms. The molecule has 23 heavy (non-hydrogen) atoms. The molecule has 0 aliphatic rings. The van der Waals surface area contributed by atoms with Crippen LogP contribution in [-0.2, 0) is 4.79 Å². The average molecular weight is 313 g/mol. The van der Waals surface area contributed by atoms with E-state index >= 15 is 0 Å². The van der Waals surface area contributed by atoms with Gasteiger partial charge in [-0.2, -0.15) is 0 Å². The third kappa shape index (κ3) is 4.67. The molecule has 0 radical (unpaired) electrons. The predicted octanol–water partition coefficient (Wildman–Crippen LogP) is 2.45. The highest BCUT2D eigenvalue weighted by Gasteiger charge is 2.10. The zero-order valence-corrected chi connectivity index (χ0v) is 12.4. The van der Waals surface area contributed by atoms with E-state index in [4.69, 9.17) is 14.6 Å². The van der Waals surface area contributed by atoms with Crippen LogP contribution in [0, 0.1) is 0 Å². The Labute approximate surface area is 133 Å². The minimum absolute atomic E-state index is 0.211. The maximum Gasteiger partial charge on any atom is 0.341 e. The summed E-state index contributed by atoms with van der Waals surface area (Å²) in [5.74, 6) is -0.738. The van der Waals surface area contributed by atoms with Gasteiger partial charge in [0.25, 0.3) is 0 Å². The maximum atomic E-state index is 12.2. The lowest BCUT2D eigenvalue weighted by molar-refractivity contribution is -0.139. The van der Waals surface area contributed by atoms with Gasteiger partial charge in [0.2, 0.25) is 0 Å². The summed E-state index contributed by atoms with van der Waals surface area (Å²) in [6, 6.07) is 8.18. The molecule has 0 bridgehead atoms. The normalized spacial score (nSPS) is 10.5. The molecule has 118 valence electrons. The lowest BCUT2D eigenvalue weighted by Gasteiger charge is -2.09. The molecule has 1 heterocycles. The van der Waals surface area contributed by atoms with Crippen LogP contribution < -0.4 is 9.47 Å². The number of ketones is 1. The number of nitrogens with zero attached hydrogens (tertiary/aromatic N) is 1. The van der Waals surface area contributed by atoms with Gasteiger partial charge >= 0.3 is 5.97 Å². The lowest BCUT2D eigenvalue weighted by atomic mass is 10.1. The quantitative estimate of drug-likeness (QED) is 0.624. The minimum Gasteiger partial charge on any atom is -0.493 e. The molecule has 0 spiro atoms. The molecule has 0 aliphatic carbocycles. The Hall–Kier alpha value is -3.15. The highest BCUT2D eigenvalue weighted by Crippen LogP contribution is 2.28. The van der Waals surface area contributed by atoms with Crippen LogP contribution in [0.4, 0.5) is 0 Å².